The summed E-state index contributed by atoms with van der Waals surface area (Å²) >= 11 is 0. The first-order chi connectivity index (χ1) is 11.3. The first kappa shape index (κ1) is 15.0. The van der Waals surface area contributed by atoms with Gasteiger partial charge in [-0.1, -0.05) is 12.1 Å². The van der Waals surface area contributed by atoms with E-state index >= 15 is 0 Å². The lowest BCUT2D eigenvalue weighted by Gasteiger charge is -2.20. The average molecular weight is 309 g/mol. The monoisotopic (exact) mass is 309 g/mol. The van der Waals surface area contributed by atoms with Crippen molar-refractivity contribution in [2.24, 2.45) is 5.10 Å². The number of benzene rings is 1. The van der Waals surface area contributed by atoms with E-state index in [1.54, 1.807) is 12.5 Å². The Morgan fingerprint density at radius 2 is 1.91 bits per heavy atom. The molecule has 0 amide bonds. The number of aromatic amines is 1. The number of nitrogens with zero attached hydrogens (tertiary/aromatic N) is 5. The van der Waals surface area contributed by atoms with E-state index in [-0.39, 0.29) is 0 Å². The highest BCUT2D eigenvalue weighted by atomic mass is 15.3. The minimum atomic E-state index is 0.600. The van der Waals surface area contributed by atoms with Gasteiger partial charge in [0, 0.05) is 18.8 Å². The van der Waals surface area contributed by atoms with Crippen molar-refractivity contribution in [3.8, 4) is 0 Å². The Hall–Kier alpha value is -2.96. The lowest BCUT2D eigenvalue weighted by Crippen LogP contribution is -2.21. The molecule has 2 N–H and O–H groups in total. The van der Waals surface area contributed by atoms with Crippen molar-refractivity contribution in [1.82, 2.24) is 19.9 Å². The van der Waals surface area contributed by atoms with Crippen molar-refractivity contribution >= 4 is 28.9 Å². The van der Waals surface area contributed by atoms with Gasteiger partial charge in [-0.2, -0.15) is 5.10 Å². The summed E-state index contributed by atoms with van der Waals surface area (Å²) in [6, 6.07) is 8.30. The van der Waals surface area contributed by atoms with E-state index in [1.165, 1.54) is 12.0 Å². The lowest BCUT2D eigenvalue weighted by molar-refractivity contribution is 0.866. The molecule has 0 aliphatic carbocycles. The minimum Gasteiger partial charge on any atom is -0.372 e. The number of hydrogen-bond donors (Lipinski definition) is 2. The van der Waals surface area contributed by atoms with Crippen LogP contribution in [0.15, 0.2) is 42.0 Å². The van der Waals surface area contributed by atoms with Crippen LogP contribution in [0.25, 0.3) is 11.2 Å². The van der Waals surface area contributed by atoms with Gasteiger partial charge in [0.1, 0.15) is 11.8 Å². The lowest BCUT2D eigenvalue weighted by atomic mass is 10.2. The number of hydrazone groups is 1. The predicted octanol–water partition coefficient (Wildman–Crippen LogP) is 2.65. The van der Waals surface area contributed by atoms with Crippen molar-refractivity contribution < 1.29 is 0 Å². The van der Waals surface area contributed by atoms with Gasteiger partial charge in [0.05, 0.1) is 12.5 Å². The maximum atomic E-state index is 4.23. The molecule has 0 atom stereocenters. The molecule has 0 unspecified atom stereocenters. The Kier molecular flexibility index (Phi) is 4.46. The SMILES string of the molecule is CCN(CC)c1ccc(/C=N/Nc2ncnc3nc[nH]c23)cc1. The van der Waals surface area contributed by atoms with Crippen LogP contribution in [-0.2, 0) is 0 Å². The highest BCUT2D eigenvalue weighted by molar-refractivity contribution is 5.84. The van der Waals surface area contributed by atoms with Crippen molar-refractivity contribution in [3.05, 3.63) is 42.5 Å². The predicted molar refractivity (Wildman–Crippen MR) is 92.9 cm³/mol. The van der Waals surface area contributed by atoms with Gasteiger partial charge in [-0.25, -0.2) is 15.0 Å². The van der Waals surface area contributed by atoms with Crippen molar-refractivity contribution in [2.45, 2.75) is 13.8 Å². The number of fused-ring (bicyclic) bond motifs is 1. The van der Waals surface area contributed by atoms with Gasteiger partial charge in [-0.15, -0.1) is 0 Å². The van der Waals surface area contributed by atoms with Crippen LogP contribution < -0.4 is 10.3 Å². The highest BCUT2D eigenvalue weighted by Crippen LogP contribution is 2.15. The quantitative estimate of drug-likeness (QED) is 0.540. The molecule has 7 heteroatoms. The summed E-state index contributed by atoms with van der Waals surface area (Å²) in [7, 11) is 0. The second kappa shape index (κ2) is 6.87. The van der Waals surface area contributed by atoms with Gasteiger partial charge in [-0.05, 0) is 31.5 Å². The van der Waals surface area contributed by atoms with Gasteiger partial charge in [0.2, 0.25) is 0 Å². The number of anilines is 2. The van der Waals surface area contributed by atoms with Crippen LogP contribution in [0, 0.1) is 0 Å². The molecule has 118 valence electrons. The first-order valence-corrected chi connectivity index (χ1v) is 7.60. The topological polar surface area (TPSA) is 82.1 Å². The number of nitrogens with one attached hydrogen (secondary N) is 2. The van der Waals surface area contributed by atoms with Crippen LogP contribution >= 0.6 is 0 Å². The van der Waals surface area contributed by atoms with E-state index < -0.39 is 0 Å². The fourth-order valence-electron chi connectivity index (χ4n) is 2.38. The molecule has 0 aliphatic heterocycles. The molecule has 0 spiro atoms. The smallest absolute Gasteiger partial charge is 0.182 e. The molecule has 7 nitrogen and oxygen atoms in total. The molecule has 23 heavy (non-hydrogen) atoms. The highest BCUT2D eigenvalue weighted by Gasteiger charge is 2.04. The fourth-order valence-corrected chi connectivity index (χ4v) is 2.38. The molecule has 0 bridgehead atoms. The zero-order valence-electron chi connectivity index (χ0n) is 13.2. The molecule has 0 fully saturated rings. The minimum absolute atomic E-state index is 0.600. The van der Waals surface area contributed by atoms with Crippen LogP contribution in [0.4, 0.5) is 11.5 Å². The van der Waals surface area contributed by atoms with E-state index in [2.05, 4.69) is 61.3 Å². The maximum Gasteiger partial charge on any atom is 0.182 e. The third-order valence-corrected chi connectivity index (χ3v) is 3.63. The summed E-state index contributed by atoms with van der Waals surface area (Å²) in [5, 5.41) is 4.23. The van der Waals surface area contributed by atoms with Gasteiger partial charge in [0.15, 0.2) is 11.5 Å². The largest absolute Gasteiger partial charge is 0.372 e. The Labute approximate surface area is 134 Å². The van der Waals surface area contributed by atoms with Crippen LogP contribution in [-0.4, -0.2) is 39.2 Å². The van der Waals surface area contributed by atoms with Gasteiger partial charge < -0.3 is 9.88 Å². The van der Waals surface area contributed by atoms with Gasteiger partial charge in [0.25, 0.3) is 0 Å². The van der Waals surface area contributed by atoms with Crippen LogP contribution in [0.5, 0.6) is 0 Å². The van der Waals surface area contributed by atoms with E-state index in [0.717, 1.165) is 24.2 Å². The summed E-state index contributed by atoms with van der Waals surface area (Å²) < 4.78 is 0. The molecular formula is C16H19N7. The molecule has 2 heterocycles. The normalized spacial score (nSPS) is 11.2. The zero-order chi connectivity index (χ0) is 16.1. The Balaban J connectivity index is 1.69. The third-order valence-electron chi connectivity index (χ3n) is 3.63. The summed E-state index contributed by atoms with van der Waals surface area (Å²) in [4.78, 5) is 17.6. The van der Waals surface area contributed by atoms with Crippen molar-refractivity contribution in [3.63, 3.8) is 0 Å². The summed E-state index contributed by atoms with van der Waals surface area (Å²) in [6.07, 6.45) is 4.80. The van der Waals surface area contributed by atoms with E-state index in [0.29, 0.717) is 11.5 Å². The molecule has 0 saturated carbocycles. The van der Waals surface area contributed by atoms with E-state index in [1.807, 2.05) is 12.1 Å². The first-order valence-electron chi connectivity index (χ1n) is 7.60. The zero-order valence-corrected chi connectivity index (χ0v) is 13.2. The molecule has 0 saturated heterocycles. The Bertz CT molecular complexity index is 788. The second-order valence-corrected chi connectivity index (χ2v) is 4.96. The van der Waals surface area contributed by atoms with Crippen molar-refractivity contribution in [2.75, 3.05) is 23.4 Å². The second-order valence-electron chi connectivity index (χ2n) is 4.96. The number of H-pyrrole nitrogens is 1. The maximum absolute atomic E-state index is 4.23. The van der Waals surface area contributed by atoms with Gasteiger partial charge >= 0.3 is 0 Å². The molecule has 1 aromatic carbocycles. The Morgan fingerprint density at radius 1 is 1.13 bits per heavy atom. The van der Waals surface area contributed by atoms with Crippen LogP contribution in [0.3, 0.4) is 0 Å². The number of aromatic nitrogens is 4. The van der Waals surface area contributed by atoms with E-state index in [9.17, 15) is 0 Å². The number of rotatable bonds is 6. The third kappa shape index (κ3) is 3.28. The molecule has 0 aliphatic rings. The van der Waals surface area contributed by atoms with E-state index in [4.69, 9.17) is 0 Å². The van der Waals surface area contributed by atoms with Crippen molar-refractivity contribution in [1.29, 1.82) is 0 Å². The van der Waals surface area contributed by atoms with Crippen LogP contribution in [0.2, 0.25) is 0 Å². The fraction of sp³-hybridized carbons (Fsp3) is 0.250. The van der Waals surface area contributed by atoms with Crippen LogP contribution in [0.1, 0.15) is 19.4 Å². The average Bonchev–Trinajstić information content (AvgIpc) is 3.07. The molecular weight excluding hydrogens is 290 g/mol. The molecule has 3 rings (SSSR count). The standard InChI is InChI=1S/C16H19N7/c1-3-23(4-2)13-7-5-12(6-8-13)9-21-22-16-14-15(18-10-17-14)19-11-20-16/h5-11H,3-4H2,1-2H3,(H2,17,18,19,20,22)/b21-9+. The molecule has 0 radical (unpaired) electrons. The van der Waals surface area contributed by atoms with Gasteiger partial charge in [-0.3, -0.25) is 5.43 Å². The summed E-state index contributed by atoms with van der Waals surface area (Å²) in [5.41, 5.74) is 6.50. The Morgan fingerprint density at radius 3 is 2.65 bits per heavy atom. The molecule has 3 aromatic rings. The summed E-state index contributed by atoms with van der Waals surface area (Å²) in [5.74, 6) is 0.600. The number of hydrogen-bond acceptors (Lipinski definition) is 6. The summed E-state index contributed by atoms with van der Waals surface area (Å²) in [6.45, 7) is 6.31. The number of imidazole rings is 1. The molecule has 2 aromatic heterocycles.